The highest BCUT2D eigenvalue weighted by molar-refractivity contribution is 5.92. The molecule has 0 aliphatic heterocycles. The minimum Gasteiger partial charge on any atom is -0.436 e. The fraction of sp³-hybridized carbons (Fsp3) is 0.350. The fourth-order valence-corrected chi connectivity index (χ4v) is 3.63. The number of nitrogens with zero attached hydrogens (tertiary/aromatic N) is 3. The maximum atomic E-state index is 12.6. The lowest BCUT2D eigenvalue weighted by molar-refractivity contribution is 0.0902. The van der Waals surface area contributed by atoms with Gasteiger partial charge in [-0.2, -0.15) is 5.10 Å². The van der Waals surface area contributed by atoms with E-state index in [2.05, 4.69) is 27.5 Å². The van der Waals surface area contributed by atoms with Gasteiger partial charge in [-0.3, -0.25) is 9.48 Å². The molecule has 6 nitrogen and oxygen atoms in total. The number of amides is 1. The summed E-state index contributed by atoms with van der Waals surface area (Å²) in [5.41, 5.74) is 4.15. The van der Waals surface area contributed by atoms with Gasteiger partial charge in [0.25, 0.3) is 5.91 Å². The Bertz CT molecular complexity index is 927. The summed E-state index contributed by atoms with van der Waals surface area (Å²) in [4.78, 5) is 16.8. The second kappa shape index (κ2) is 6.78. The van der Waals surface area contributed by atoms with Crippen molar-refractivity contribution in [2.24, 2.45) is 0 Å². The number of benzene rings is 1. The standard InChI is InChI=1S/C20H22N4O2/c1-13-19(26-14(2)22-13)20(25)23-17-9-6-10-18-16(17)11-21-24(18)12-15-7-4-3-5-8-15/h3-5,7-8,11,17H,6,9-10,12H2,1-2H3,(H,23,25)/t17-/m1/s1. The zero-order valence-electron chi connectivity index (χ0n) is 15.0. The third-order valence-electron chi connectivity index (χ3n) is 4.85. The summed E-state index contributed by atoms with van der Waals surface area (Å²) in [6.45, 7) is 4.28. The van der Waals surface area contributed by atoms with Gasteiger partial charge >= 0.3 is 0 Å². The Hall–Kier alpha value is -2.89. The van der Waals surface area contributed by atoms with Gasteiger partial charge in [-0.25, -0.2) is 4.98 Å². The van der Waals surface area contributed by atoms with Crippen molar-refractivity contribution in [1.29, 1.82) is 0 Å². The molecular weight excluding hydrogens is 328 g/mol. The maximum absolute atomic E-state index is 12.6. The highest BCUT2D eigenvalue weighted by Crippen LogP contribution is 2.30. The van der Waals surface area contributed by atoms with E-state index in [0.29, 0.717) is 17.3 Å². The maximum Gasteiger partial charge on any atom is 0.289 e. The number of carbonyl (C=O) groups is 1. The molecule has 0 spiro atoms. The molecule has 1 aliphatic rings. The Morgan fingerprint density at radius 2 is 2.12 bits per heavy atom. The molecule has 1 N–H and O–H groups in total. The van der Waals surface area contributed by atoms with Gasteiger partial charge in [0.05, 0.1) is 24.5 Å². The van der Waals surface area contributed by atoms with Crippen molar-refractivity contribution < 1.29 is 9.21 Å². The molecule has 0 unspecified atom stereocenters. The highest BCUT2D eigenvalue weighted by atomic mass is 16.4. The molecule has 3 aromatic rings. The first-order chi connectivity index (χ1) is 12.6. The van der Waals surface area contributed by atoms with Gasteiger partial charge in [-0.15, -0.1) is 0 Å². The molecule has 1 amide bonds. The van der Waals surface area contributed by atoms with Crippen molar-refractivity contribution in [3.8, 4) is 0 Å². The monoisotopic (exact) mass is 350 g/mol. The number of rotatable bonds is 4. The van der Waals surface area contributed by atoms with E-state index < -0.39 is 0 Å². The SMILES string of the molecule is Cc1nc(C)c(C(=O)N[C@@H]2CCCc3c2cnn3Cc2ccccc2)o1. The lowest BCUT2D eigenvalue weighted by Crippen LogP contribution is -2.31. The third kappa shape index (κ3) is 3.14. The first kappa shape index (κ1) is 16.6. The molecule has 4 rings (SSSR count). The number of aromatic nitrogens is 3. The van der Waals surface area contributed by atoms with Gasteiger partial charge in [-0.1, -0.05) is 30.3 Å². The zero-order chi connectivity index (χ0) is 18.1. The molecule has 0 saturated carbocycles. The minimum absolute atomic E-state index is 0.0411. The van der Waals surface area contributed by atoms with E-state index in [1.54, 1.807) is 13.8 Å². The quantitative estimate of drug-likeness (QED) is 0.783. The van der Waals surface area contributed by atoms with E-state index in [0.717, 1.165) is 31.4 Å². The van der Waals surface area contributed by atoms with E-state index >= 15 is 0 Å². The van der Waals surface area contributed by atoms with Gasteiger partial charge < -0.3 is 9.73 Å². The Balaban J connectivity index is 1.54. The normalized spacial score (nSPS) is 16.3. The van der Waals surface area contributed by atoms with Crippen LogP contribution in [0.3, 0.4) is 0 Å². The summed E-state index contributed by atoms with van der Waals surface area (Å²) in [7, 11) is 0. The summed E-state index contributed by atoms with van der Waals surface area (Å²) in [5.74, 6) is 0.593. The predicted octanol–water partition coefficient (Wildman–Crippen LogP) is 3.34. The molecule has 1 aliphatic carbocycles. The molecule has 0 fully saturated rings. The number of hydrogen-bond acceptors (Lipinski definition) is 4. The van der Waals surface area contributed by atoms with Gasteiger partial charge in [0.2, 0.25) is 5.76 Å². The van der Waals surface area contributed by atoms with Crippen molar-refractivity contribution in [2.45, 2.75) is 45.7 Å². The van der Waals surface area contributed by atoms with Gasteiger partial charge in [-0.05, 0) is 31.7 Å². The number of hydrogen-bond donors (Lipinski definition) is 1. The first-order valence-electron chi connectivity index (χ1n) is 8.95. The van der Waals surface area contributed by atoms with Crippen LogP contribution in [-0.2, 0) is 13.0 Å². The van der Waals surface area contributed by atoms with Crippen LogP contribution in [0.2, 0.25) is 0 Å². The van der Waals surface area contributed by atoms with E-state index in [1.807, 2.05) is 29.1 Å². The molecule has 0 radical (unpaired) electrons. The van der Waals surface area contributed by atoms with Crippen molar-refractivity contribution in [2.75, 3.05) is 0 Å². The van der Waals surface area contributed by atoms with E-state index in [-0.39, 0.29) is 11.9 Å². The molecule has 2 aromatic heterocycles. The van der Waals surface area contributed by atoms with Crippen LogP contribution in [-0.4, -0.2) is 20.7 Å². The molecule has 1 aromatic carbocycles. The lowest BCUT2D eigenvalue weighted by Gasteiger charge is -2.24. The van der Waals surface area contributed by atoms with Crippen LogP contribution >= 0.6 is 0 Å². The van der Waals surface area contributed by atoms with Crippen LogP contribution in [0.5, 0.6) is 0 Å². The van der Waals surface area contributed by atoms with Crippen LogP contribution in [0.15, 0.2) is 40.9 Å². The number of nitrogens with one attached hydrogen (secondary N) is 1. The van der Waals surface area contributed by atoms with Crippen LogP contribution in [0.25, 0.3) is 0 Å². The molecular formula is C20H22N4O2. The number of fused-ring (bicyclic) bond motifs is 1. The van der Waals surface area contributed by atoms with Crippen molar-refractivity contribution in [1.82, 2.24) is 20.1 Å². The minimum atomic E-state index is -0.211. The van der Waals surface area contributed by atoms with Gasteiger partial charge in [0, 0.05) is 18.2 Å². The molecule has 26 heavy (non-hydrogen) atoms. The molecule has 2 heterocycles. The zero-order valence-corrected chi connectivity index (χ0v) is 15.0. The first-order valence-corrected chi connectivity index (χ1v) is 8.95. The molecule has 6 heteroatoms. The second-order valence-corrected chi connectivity index (χ2v) is 6.76. The highest BCUT2D eigenvalue weighted by Gasteiger charge is 2.27. The van der Waals surface area contributed by atoms with Gasteiger partial charge in [0.1, 0.15) is 0 Å². The summed E-state index contributed by atoms with van der Waals surface area (Å²) in [6.07, 6.45) is 4.80. The lowest BCUT2D eigenvalue weighted by atomic mass is 9.92. The molecule has 0 saturated heterocycles. The molecule has 1 atom stereocenters. The summed E-state index contributed by atoms with van der Waals surface area (Å²) in [6, 6.07) is 10.3. The van der Waals surface area contributed by atoms with Crippen molar-refractivity contribution in [3.05, 3.63) is 70.7 Å². The average molecular weight is 350 g/mol. The van der Waals surface area contributed by atoms with E-state index in [1.165, 1.54) is 11.3 Å². The van der Waals surface area contributed by atoms with Crippen LogP contribution in [0, 0.1) is 13.8 Å². The van der Waals surface area contributed by atoms with Crippen LogP contribution in [0.4, 0.5) is 0 Å². The third-order valence-corrected chi connectivity index (χ3v) is 4.85. The number of carbonyl (C=O) groups excluding carboxylic acids is 1. The fourth-order valence-electron chi connectivity index (χ4n) is 3.63. The van der Waals surface area contributed by atoms with E-state index in [9.17, 15) is 4.79 Å². The summed E-state index contributed by atoms with van der Waals surface area (Å²) < 4.78 is 7.49. The molecule has 134 valence electrons. The molecule has 0 bridgehead atoms. The second-order valence-electron chi connectivity index (χ2n) is 6.76. The summed E-state index contributed by atoms with van der Waals surface area (Å²) >= 11 is 0. The number of aryl methyl sites for hydroxylation is 2. The Kier molecular flexibility index (Phi) is 4.32. The Labute approximate surface area is 152 Å². The van der Waals surface area contributed by atoms with Crippen molar-refractivity contribution in [3.63, 3.8) is 0 Å². The van der Waals surface area contributed by atoms with Crippen LogP contribution in [0.1, 0.15) is 57.8 Å². The van der Waals surface area contributed by atoms with Crippen LogP contribution < -0.4 is 5.32 Å². The topological polar surface area (TPSA) is 73.0 Å². The Morgan fingerprint density at radius 1 is 1.31 bits per heavy atom. The Morgan fingerprint density at radius 3 is 2.85 bits per heavy atom. The largest absolute Gasteiger partial charge is 0.436 e. The van der Waals surface area contributed by atoms with E-state index in [4.69, 9.17) is 4.42 Å². The smallest absolute Gasteiger partial charge is 0.289 e. The summed E-state index contributed by atoms with van der Waals surface area (Å²) in [5, 5.41) is 7.67. The van der Waals surface area contributed by atoms with Crippen molar-refractivity contribution >= 4 is 5.91 Å². The average Bonchev–Trinajstić information content (AvgIpc) is 3.19. The number of oxazole rings is 1. The predicted molar refractivity (Wildman–Crippen MR) is 96.9 cm³/mol. The van der Waals surface area contributed by atoms with Gasteiger partial charge in [0.15, 0.2) is 5.89 Å².